The van der Waals surface area contributed by atoms with Crippen LogP contribution < -0.4 is 20.3 Å². The molecule has 4 rings (SSSR count). The average Bonchev–Trinajstić information content (AvgIpc) is 3.08. The van der Waals surface area contributed by atoms with Crippen LogP contribution in [0.5, 0.6) is 11.5 Å². The zero-order valence-corrected chi connectivity index (χ0v) is 17.9. The second-order valence-corrected chi connectivity index (χ2v) is 7.96. The highest BCUT2D eigenvalue weighted by Crippen LogP contribution is 2.42. The lowest BCUT2D eigenvalue weighted by molar-refractivity contribution is -0.116. The van der Waals surface area contributed by atoms with Crippen molar-refractivity contribution in [3.63, 3.8) is 0 Å². The van der Waals surface area contributed by atoms with Gasteiger partial charge < -0.3 is 14.8 Å². The van der Waals surface area contributed by atoms with Gasteiger partial charge in [0.15, 0.2) is 17.3 Å². The van der Waals surface area contributed by atoms with Crippen LogP contribution in [0.2, 0.25) is 0 Å². The molecule has 0 saturated carbocycles. The Kier molecular flexibility index (Phi) is 5.50. The molecule has 1 unspecified atom stereocenters. The lowest BCUT2D eigenvalue weighted by Crippen LogP contribution is -2.25. The van der Waals surface area contributed by atoms with Crippen molar-refractivity contribution in [2.75, 3.05) is 19.0 Å². The highest BCUT2D eigenvalue weighted by Gasteiger charge is 2.33. The smallest absolute Gasteiger partial charge is 0.264 e. The fraction of sp³-hybridized carbons (Fsp3) is 0.364. The molecule has 0 aliphatic carbocycles. The maximum atomic E-state index is 12.6. The first kappa shape index (κ1) is 20.6. The van der Waals surface area contributed by atoms with Crippen LogP contribution in [0.1, 0.15) is 43.0 Å². The Morgan fingerprint density at radius 3 is 2.68 bits per heavy atom. The van der Waals surface area contributed by atoms with E-state index in [1.807, 2.05) is 25.1 Å². The van der Waals surface area contributed by atoms with Gasteiger partial charge in [-0.25, -0.2) is 5.10 Å². The van der Waals surface area contributed by atoms with E-state index in [0.717, 1.165) is 16.8 Å². The molecule has 9 nitrogen and oxygen atoms in total. The largest absolute Gasteiger partial charge is 0.493 e. The number of H-pyrrole nitrogens is 1. The van der Waals surface area contributed by atoms with Gasteiger partial charge in [-0.15, -0.1) is 0 Å². The maximum absolute atomic E-state index is 12.6. The summed E-state index contributed by atoms with van der Waals surface area (Å²) in [6.45, 7) is 6.61. The summed E-state index contributed by atoms with van der Waals surface area (Å²) in [5, 5.41) is 13.9. The lowest BCUT2D eigenvalue weighted by atomic mass is 9.85. The fourth-order valence-electron chi connectivity index (χ4n) is 3.73. The van der Waals surface area contributed by atoms with E-state index in [1.54, 1.807) is 17.9 Å². The highest BCUT2D eigenvalue weighted by atomic mass is 16.5. The molecule has 31 heavy (non-hydrogen) atoms. The minimum Gasteiger partial charge on any atom is -0.493 e. The molecule has 3 aromatic rings. The van der Waals surface area contributed by atoms with E-state index in [1.165, 1.54) is 6.07 Å². The van der Waals surface area contributed by atoms with Crippen molar-refractivity contribution in [2.45, 2.75) is 33.1 Å². The zero-order chi connectivity index (χ0) is 22.1. The molecule has 0 bridgehead atoms. The van der Waals surface area contributed by atoms with Gasteiger partial charge in [0.1, 0.15) is 5.82 Å². The Morgan fingerprint density at radius 2 is 2.00 bits per heavy atom. The quantitative estimate of drug-likeness (QED) is 0.631. The Balaban J connectivity index is 1.78. The number of carbonyl (C=O) groups is 1. The third kappa shape index (κ3) is 4.03. The van der Waals surface area contributed by atoms with E-state index in [-0.39, 0.29) is 23.8 Å². The second-order valence-electron chi connectivity index (χ2n) is 7.96. The minimum absolute atomic E-state index is 0.122. The molecule has 1 aromatic carbocycles. The van der Waals surface area contributed by atoms with Crippen molar-refractivity contribution in [1.29, 1.82) is 0 Å². The molecule has 0 radical (unpaired) electrons. The van der Waals surface area contributed by atoms with E-state index in [0.29, 0.717) is 35.7 Å². The molecular weight excluding hydrogens is 398 g/mol. The number of hydrogen-bond donors (Lipinski definition) is 2. The molecular formula is C22H25N5O4. The summed E-state index contributed by atoms with van der Waals surface area (Å²) in [7, 11) is 1.61. The summed E-state index contributed by atoms with van der Waals surface area (Å²) in [5.41, 5.74) is 2.31. The number of aryl methyl sites for hydroxylation is 1. The third-order valence-corrected chi connectivity index (χ3v) is 5.15. The number of benzene rings is 1. The summed E-state index contributed by atoms with van der Waals surface area (Å²) in [4.78, 5) is 24.0. The Bertz CT molecular complexity index is 1160. The predicted molar refractivity (Wildman–Crippen MR) is 115 cm³/mol. The summed E-state index contributed by atoms with van der Waals surface area (Å²) in [6, 6.07) is 8.68. The normalized spacial score (nSPS) is 15.5. The minimum atomic E-state index is -0.310. The molecule has 9 heteroatoms. The molecule has 2 aromatic heterocycles. The number of nitrogens with one attached hydrogen (secondary N) is 2. The summed E-state index contributed by atoms with van der Waals surface area (Å²) in [6.07, 6.45) is 0.286. The van der Waals surface area contributed by atoms with Gasteiger partial charge in [-0.05, 0) is 36.6 Å². The Morgan fingerprint density at radius 1 is 1.19 bits per heavy atom. The number of nitrogens with zero attached hydrogens (tertiary/aromatic N) is 3. The molecule has 2 N–H and O–H groups in total. The van der Waals surface area contributed by atoms with Crippen molar-refractivity contribution in [3.8, 4) is 17.3 Å². The topological polar surface area (TPSA) is 111 Å². The number of aromatic nitrogens is 4. The Labute approximate surface area is 179 Å². The number of hydrogen-bond acceptors (Lipinski definition) is 6. The predicted octanol–water partition coefficient (Wildman–Crippen LogP) is 2.78. The van der Waals surface area contributed by atoms with Gasteiger partial charge in [0.05, 0.1) is 19.4 Å². The van der Waals surface area contributed by atoms with Gasteiger partial charge in [0.25, 0.3) is 5.56 Å². The number of fused-ring (bicyclic) bond motifs is 1. The number of ether oxygens (including phenoxy) is 2. The molecule has 1 amide bonds. The van der Waals surface area contributed by atoms with Gasteiger partial charge in [0.2, 0.25) is 5.91 Å². The zero-order valence-electron chi connectivity index (χ0n) is 17.9. The molecule has 3 heterocycles. The average molecular weight is 423 g/mol. The molecule has 162 valence electrons. The van der Waals surface area contributed by atoms with Crippen LogP contribution in [-0.4, -0.2) is 39.6 Å². The van der Waals surface area contributed by atoms with Crippen molar-refractivity contribution in [3.05, 3.63) is 57.5 Å². The number of aromatic amines is 1. The number of amides is 1. The number of carbonyl (C=O) groups excluding carboxylic acids is 1. The van der Waals surface area contributed by atoms with Gasteiger partial charge in [-0.1, -0.05) is 19.9 Å². The van der Waals surface area contributed by atoms with E-state index >= 15 is 0 Å². The van der Waals surface area contributed by atoms with Gasteiger partial charge in [-0.2, -0.15) is 14.9 Å². The second kappa shape index (κ2) is 8.25. The number of rotatable bonds is 6. The monoisotopic (exact) mass is 423 g/mol. The van der Waals surface area contributed by atoms with Crippen LogP contribution in [0.4, 0.5) is 5.82 Å². The maximum Gasteiger partial charge on any atom is 0.264 e. The van der Waals surface area contributed by atoms with E-state index in [4.69, 9.17) is 9.47 Å². The van der Waals surface area contributed by atoms with Crippen molar-refractivity contribution in [1.82, 2.24) is 20.0 Å². The van der Waals surface area contributed by atoms with Crippen LogP contribution in [0.3, 0.4) is 0 Å². The first-order valence-electron chi connectivity index (χ1n) is 10.1. The van der Waals surface area contributed by atoms with E-state index in [9.17, 15) is 9.59 Å². The summed E-state index contributed by atoms with van der Waals surface area (Å²) < 4.78 is 13.0. The van der Waals surface area contributed by atoms with Gasteiger partial charge >= 0.3 is 0 Å². The number of methoxy groups -OCH3 is 1. The summed E-state index contributed by atoms with van der Waals surface area (Å²) in [5.74, 6) is 2.31. The molecule has 0 saturated heterocycles. The van der Waals surface area contributed by atoms with Crippen LogP contribution in [0, 0.1) is 12.8 Å². The SMILES string of the molecule is COc1ccc(C2CC(=O)Nc3c2c(C)nn3-c2ccc(=O)[nH]n2)cc1OCC(C)C. The third-order valence-electron chi connectivity index (χ3n) is 5.15. The fourth-order valence-corrected chi connectivity index (χ4v) is 3.73. The summed E-state index contributed by atoms with van der Waals surface area (Å²) >= 11 is 0. The van der Waals surface area contributed by atoms with Gasteiger partial charge in [-0.3, -0.25) is 9.59 Å². The van der Waals surface area contributed by atoms with Crippen LogP contribution in [0.15, 0.2) is 35.1 Å². The number of anilines is 1. The molecule has 0 spiro atoms. The molecule has 0 fully saturated rings. The van der Waals surface area contributed by atoms with Crippen LogP contribution >= 0.6 is 0 Å². The van der Waals surface area contributed by atoms with E-state index in [2.05, 4.69) is 34.5 Å². The Hall–Kier alpha value is -3.62. The lowest BCUT2D eigenvalue weighted by Gasteiger charge is -2.25. The first-order valence-corrected chi connectivity index (χ1v) is 10.1. The van der Waals surface area contributed by atoms with Crippen LogP contribution in [-0.2, 0) is 4.79 Å². The van der Waals surface area contributed by atoms with Crippen molar-refractivity contribution in [2.24, 2.45) is 5.92 Å². The van der Waals surface area contributed by atoms with Crippen molar-refractivity contribution < 1.29 is 14.3 Å². The standard InChI is InChI=1S/C22H25N5O4/c1-12(2)11-31-17-9-14(5-6-16(17)30-4)15-10-20(29)23-22-21(15)13(3)26-27(22)18-7-8-19(28)25-24-18/h5-9,12,15H,10-11H2,1-4H3,(H,23,29)(H,25,28). The highest BCUT2D eigenvalue weighted by molar-refractivity contribution is 5.95. The van der Waals surface area contributed by atoms with E-state index < -0.39 is 0 Å². The van der Waals surface area contributed by atoms with Crippen LogP contribution in [0.25, 0.3) is 5.82 Å². The van der Waals surface area contributed by atoms with Crippen molar-refractivity contribution >= 4 is 11.7 Å². The molecule has 1 aliphatic rings. The van der Waals surface area contributed by atoms with Gasteiger partial charge in [0, 0.05) is 24.0 Å². The first-order chi connectivity index (χ1) is 14.9. The molecule has 1 aliphatic heterocycles. The molecule has 1 atom stereocenters.